The van der Waals surface area contributed by atoms with E-state index in [9.17, 15) is 14.4 Å². The predicted molar refractivity (Wildman–Crippen MR) is 284 cm³/mol. The molecule has 0 fully saturated rings. The maximum absolute atomic E-state index is 12.9. The second kappa shape index (κ2) is 54.4. The molecule has 6 nitrogen and oxygen atoms in total. The summed E-state index contributed by atoms with van der Waals surface area (Å²) in [6.07, 6.45) is 59.5. The van der Waals surface area contributed by atoms with Crippen molar-refractivity contribution < 1.29 is 28.6 Å². The van der Waals surface area contributed by atoms with E-state index in [0.717, 1.165) is 63.7 Å². The Balaban J connectivity index is 4.27. The van der Waals surface area contributed by atoms with E-state index in [-0.39, 0.29) is 31.1 Å². The van der Waals surface area contributed by atoms with Crippen molar-refractivity contribution in [2.75, 3.05) is 13.2 Å². The molecule has 0 heterocycles. The monoisotopic (exact) mass is 933 g/mol. The molecule has 0 aliphatic heterocycles. The van der Waals surface area contributed by atoms with E-state index >= 15 is 0 Å². The maximum atomic E-state index is 12.9. The molecule has 0 aromatic carbocycles. The third-order valence-corrected chi connectivity index (χ3v) is 13.8. The van der Waals surface area contributed by atoms with E-state index in [0.29, 0.717) is 19.3 Å². The summed E-state index contributed by atoms with van der Waals surface area (Å²) in [5.74, 6) is 0.0210. The van der Waals surface area contributed by atoms with E-state index in [4.69, 9.17) is 14.2 Å². The maximum Gasteiger partial charge on any atom is 0.306 e. The van der Waals surface area contributed by atoms with Crippen molar-refractivity contribution in [2.45, 2.75) is 348 Å². The lowest BCUT2D eigenvalue weighted by atomic mass is 10.0. The van der Waals surface area contributed by atoms with Gasteiger partial charge < -0.3 is 14.2 Å². The standard InChI is InChI=1S/C60H116O6/c1-5-7-9-11-13-15-17-19-23-29-33-37-41-45-49-53-60(63)66-57(54-64-58(61)51-47-43-39-35-31-27-20-18-16-14-12-10-8-6-2)55-65-59(62)52-48-44-40-36-32-28-25-22-21-24-26-30-34-38-42-46-50-56(3)4/h56-57H,5-55H2,1-4H3/t57-/m1/s1. The van der Waals surface area contributed by atoms with Gasteiger partial charge >= 0.3 is 17.9 Å². The van der Waals surface area contributed by atoms with E-state index in [1.807, 2.05) is 0 Å². The fraction of sp³-hybridized carbons (Fsp3) is 0.950. The fourth-order valence-corrected chi connectivity index (χ4v) is 9.28. The largest absolute Gasteiger partial charge is 0.462 e. The Bertz CT molecular complexity index is 996. The molecule has 0 aromatic heterocycles. The topological polar surface area (TPSA) is 78.9 Å². The van der Waals surface area contributed by atoms with Crippen LogP contribution in [0.25, 0.3) is 0 Å². The summed E-state index contributed by atoms with van der Waals surface area (Å²) in [7, 11) is 0. The molecule has 6 heteroatoms. The average Bonchev–Trinajstić information content (AvgIpc) is 3.30. The minimum absolute atomic E-state index is 0.0615. The first-order valence-corrected chi connectivity index (χ1v) is 29.9. The molecule has 0 amide bonds. The first-order valence-electron chi connectivity index (χ1n) is 29.9. The van der Waals surface area contributed by atoms with E-state index in [1.165, 1.54) is 238 Å². The Kier molecular flexibility index (Phi) is 53.0. The van der Waals surface area contributed by atoms with Crippen molar-refractivity contribution in [3.05, 3.63) is 0 Å². The average molecular weight is 934 g/mol. The first-order chi connectivity index (χ1) is 32.4. The molecule has 0 aliphatic carbocycles. The SMILES string of the molecule is CCCCCCCCCCCCCCCCCC(=O)O[C@H](COC(=O)CCCCCCCCCCCCCCCC)COC(=O)CCCCCCCCCCCCCCCCCCC(C)C. The van der Waals surface area contributed by atoms with Crippen LogP contribution < -0.4 is 0 Å². The number of carbonyl (C=O) groups excluding carboxylic acids is 3. The van der Waals surface area contributed by atoms with Gasteiger partial charge in [-0.15, -0.1) is 0 Å². The molecule has 0 saturated heterocycles. The summed E-state index contributed by atoms with van der Waals surface area (Å²) >= 11 is 0. The molecular formula is C60H116O6. The van der Waals surface area contributed by atoms with E-state index in [2.05, 4.69) is 27.7 Å². The minimum atomic E-state index is -0.762. The van der Waals surface area contributed by atoms with Gasteiger partial charge in [-0.1, -0.05) is 304 Å². The predicted octanol–water partition coefficient (Wildman–Crippen LogP) is 19.8. The number of hydrogen-bond donors (Lipinski definition) is 0. The summed E-state index contributed by atoms with van der Waals surface area (Å²) in [5, 5.41) is 0. The van der Waals surface area contributed by atoms with Crippen LogP contribution in [0, 0.1) is 5.92 Å². The van der Waals surface area contributed by atoms with Gasteiger partial charge in [-0.3, -0.25) is 14.4 Å². The molecule has 392 valence electrons. The van der Waals surface area contributed by atoms with Crippen LogP contribution in [0.4, 0.5) is 0 Å². The van der Waals surface area contributed by atoms with Crippen LogP contribution in [0.3, 0.4) is 0 Å². The second-order valence-electron chi connectivity index (χ2n) is 21.1. The Morgan fingerprint density at radius 2 is 0.500 bits per heavy atom. The zero-order chi connectivity index (χ0) is 48.1. The Labute approximate surface area is 412 Å². The highest BCUT2D eigenvalue weighted by molar-refractivity contribution is 5.71. The first kappa shape index (κ1) is 64.4. The van der Waals surface area contributed by atoms with Crippen molar-refractivity contribution in [1.82, 2.24) is 0 Å². The molecule has 0 saturated carbocycles. The quantitative estimate of drug-likeness (QED) is 0.0343. The summed E-state index contributed by atoms with van der Waals surface area (Å²) < 4.78 is 16.9. The highest BCUT2D eigenvalue weighted by atomic mass is 16.6. The molecule has 1 atom stereocenters. The Hall–Kier alpha value is -1.59. The lowest BCUT2D eigenvalue weighted by Crippen LogP contribution is -2.30. The highest BCUT2D eigenvalue weighted by Crippen LogP contribution is 2.18. The molecule has 0 aromatic rings. The summed E-state index contributed by atoms with van der Waals surface area (Å²) in [6, 6.07) is 0. The van der Waals surface area contributed by atoms with E-state index < -0.39 is 6.10 Å². The van der Waals surface area contributed by atoms with Gasteiger partial charge in [0.25, 0.3) is 0 Å². The van der Waals surface area contributed by atoms with Gasteiger partial charge in [-0.25, -0.2) is 0 Å². The second-order valence-corrected chi connectivity index (χ2v) is 21.1. The van der Waals surface area contributed by atoms with Crippen molar-refractivity contribution in [3.8, 4) is 0 Å². The lowest BCUT2D eigenvalue weighted by Gasteiger charge is -2.18. The van der Waals surface area contributed by atoms with Gasteiger partial charge in [0.05, 0.1) is 0 Å². The van der Waals surface area contributed by atoms with Crippen LogP contribution in [0.5, 0.6) is 0 Å². The number of rotatable bonds is 55. The van der Waals surface area contributed by atoms with E-state index in [1.54, 1.807) is 0 Å². The zero-order valence-corrected chi connectivity index (χ0v) is 45.2. The van der Waals surface area contributed by atoms with Crippen LogP contribution in [0.2, 0.25) is 0 Å². The summed E-state index contributed by atoms with van der Waals surface area (Å²) in [4.78, 5) is 38.2. The van der Waals surface area contributed by atoms with Gasteiger partial charge in [0.1, 0.15) is 13.2 Å². The van der Waals surface area contributed by atoms with Crippen LogP contribution in [0.15, 0.2) is 0 Å². The Morgan fingerprint density at radius 3 is 0.742 bits per heavy atom. The van der Waals surface area contributed by atoms with Crippen molar-refractivity contribution >= 4 is 17.9 Å². The summed E-state index contributed by atoms with van der Waals surface area (Å²) in [6.45, 7) is 9.08. The molecule has 0 bridgehead atoms. The number of unbranched alkanes of at least 4 members (excludes halogenated alkanes) is 42. The smallest absolute Gasteiger partial charge is 0.306 e. The summed E-state index contributed by atoms with van der Waals surface area (Å²) in [5.41, 5.74) is 0. The number of esters is 3. The van der Waals surface area contributed by atoms with Crippen LogP contribution in [-0.4, -0.2) is 37.2 Å². The molecule has 0 N–H and O–H groups in total. The van der Waals surface area contributed by atoms with Crippen LogP contribution in [0.1, 0.15) is 342 Å². The molecule has 0 spiro atoms. The van der Waals surface area contributed by atoms with Gasteiger partial charge in [0.2, 0.25) is 0 Å². The van der Waals surface area contributed by atoms with Crippen molar-refractivity contribution in [1.29, 1.82) is 0 Å². The minimum Gasteiger partial charge on any atom is -0.462 e. The number of carbonyl (C=O) groups is 3. The third kappa shape index (κ3) is 53.4. The van der Waals surface area contributed by atoms with Crippen molar-refractivity contribution in [3.63, 3.8) is 0 Å². The Morgan fingerprint density at radius 1 is 0.288 bits per heavy atom. The highest BCUT2D eigenvalue weighted by Gasteiger charge is 2.19. The molecule has 0 rings (SSSR count). The zero-order valence-electron chi connectivity index (χ0n) is 45.2. The van der Waals surface area contributed by atoms with Gasteiger partial charge in [0.15, 0.2) is 6.10 Å². The van der Waals surface area contributed by atoms with Gasteiger partial charge in [-0.05, 0) is 25.2 Å². The van der Waals surface area contributed by atoms with Crippen LogP contribution >= 0.6 is 0 Å². The van der Waals surface area contributed by atoms with Crippen LogP contribution in [-0.2, 0) is 28.6 Å². The molecule has 0 radical (unpaired) electrons. The fourth-order valence-electron chi connectivity index (χ4n) is 9.28. The van der Waals surface area contributed by atoms with Gasteiger partial charge in [0, 0.05) is 19.3 Å². The van der Waals surface area contributed by atoms with Crippen molar-refractivity contribution in [2.24, 2.45) is 5.92 Å². The third-order valence-electron chi connectivity index (χ3n) is 13.8. The number of ether oxygens (including phenoxy) is 3. The lowest BCUT2D eigenvalue weighted by molar-refractivity contribution is -0.167. The molecular weight excluding hydrogens is 817 g/mol. The number of hydrogen-bond acceptors (Lipinski definition) is 6. The molecule has 0 unspecified atom stereocenters. The normalized spacial score (nSPS) is 12.0. The molecule has 0 aliphatic rings. The van der Waals surface area contributed by atoms with Gasteiger partial charge in [-0.2, -0.15) is 0 Å². The molecule has 66 heavy (non-hydrogen) atoms.